The molecule has 3 aliphatic rings. The van der Waals surface area contributed by atoms with Gasteiger partial charge >= 0.3 is 0 Å². The number of fused-ring (bicyclic) bond motifs is 1. The molecule has 2 fully saturated rings. The van der Waals surface area contributed by atoms with Crippen LogP contribution in [-0.4, -0.2) is 39.0 Å². The number of benzene rings is 1. The van der Waals surface area contributed by atoms with Gasteiger partial charge < -0.3 is 9.88 Å². The van der Waals surface area contributed by atoms with Gasteiger partial charge in [0.05, 0.1) is 0 Å². The van der Waals surface area contributed by atoms with E-state index >= 15 is 0 Å². The first-order chi connectivity index (χ1) is 12.5. The lowest BCUT2D eigenvalue weighted by atomic mass is 9.80. The van der Waals surface area contributed by atoms with Crippen LogP contribution in [0.2, 0.25) is 18.6 Å². The summed E-state index contributed by atoms with van der Waals surface area (Å²) in [6.07, 6.45) is 10.1. The predicted octanol–water partition coefficient (Wildman–Crippen LogP) is 4.76. The van der Waals surface area contributed by atoms with Gasteiger partial charge in [-0.3, -0.25) is 0 Å². The molecule has 0 bridgehead atoms. The standard InChI is InChI=1S/C23H34N2Si/c1-17-14-18(2)16-19(15-17)20-6-5-7-22-21(20)8-9-23(22)26(3,4)25-12-10-24-11-13-25/h5-7,14-16,21-24H,8-13H2,1-4H3. The Morgan fingerprint density at radius 3 is 2.38 bits per heavy atom. The van der Waals surface area contributed by atoms with Crippen molar-refractivity contribution in [1.82, 2.24) is 9.88 Å². The molecule has 3 unspecified atom stereocenters. The molecule has 1 saturated carbocycles. The fraction of sp³-hybridized carbons (Fsp3) is 0.565. The Morgan fingerprint density at radius 1 is 1.00 bits per heavy atom. The molecule has 1 aromatic carbocycles. The third-order valence-corrected chi connectivity index (χ3v) is 11.7. The largest absolute Gasteiger partial charge is 0.321 e. The maximum Gasteiger partial charge on any atom is 0.126 e. The van der Waals surface area contributed by atoms with Crippen molar-refractivity contribution in [2.75, 3.05) is 26.2 Å². The second kappa shape index (κ2) is 7.10. The Kier molecular flexibility index (Phi) is 4.97. The summed E-state index contributed by atoms with van der Waals surface area (Å²) in [5.41, 5.74) is 6.71. The van der Waals surface area contributed by atoms with E-state index in [9.17, 15) is 0 Å². The zero-order valence-corrected chi connectivity index (χ0v) is 17.9. The van der Waals surface area contributed by atoms with E-state index in [4.69, 9.17) is 0 Å². The fourth-order valence-corrected chi connectivity index (χ4v) is 9.82. The molecule has 4 rings (SSSR count). The van der Waals surface area contributed by atoms with Crippen LogP contribution in [0.4, 0.5) is 0 Å². The van der Waals surface area contributed by atoms with Crippen molar-refractivity contribution in [3.8, 4) is 0 Å². The van der Waals surface area contributed by atoms with E-state index in [0.29, 0.717) is 0 Å². The lowest BCUT2D eigenvalue weighted by Gasteiger charge is -2.45. The maximum atomic E-state index is 3.53. The van der Waals surface area contributed by atoms with Crippen molar-refractivity contribution in [2.24, 2.45) is 11.8 Å². The summed E-state index contributed by atoms with van der Waals surface area (Å²) in [7, 11) is -1.42. The van der Waals surface area contributed by atoms with Crippen LogP contribution in [0, 0.1) is 25.7 Å². The summed E-state index contributed by atoms with van der Waals surface area (Å²) >= 11 is 0. The van der Waals surface area contributed by atoms with Gasteiger partial charge in [0, 0.05) is 26.2 Å². The molecule has 140 valence electrons. The van der Waals surface area contributed by atoms with E-state index in [1.807, 2.05) is 0 Å². The predicted molar refractivity (Wildman–Crippen MR) is 115 cm³/mol. The van der Waals surface area contributed by atoms with Gasteiger partial charge in [-0.15, -0.1) is 0 Å². The number of allylic oxidation sites excluding steroid dienone is 4. The van der Waals surface area contributed by atoms with E-state index in [1.165, 1.54) is 55.7 Å². The minimum Gasteiger partial charge on any atom is -0.321 e. The third kappa shape index (κ3) is 3.26. The number of hydrogen-bond acceptors (Lipinski definition) is 2. The molecule has 26 heavy (non-hydrogen) atoms. The molecule has 3 heteroatoms. The zero-order chi connectivity index (χ0) is 18.3. The van der Waals surface area contributed by atoms with Crippen molar-refractivity contribution in [3.05, 3.63) is 53.1 Å². The Morgan fingerprint density at radius 2 is 1.69 bits per heavy atom. The molecule has 1 N–H and O–H groups in total. The van der Waals surface area contributed by atoms with E-state index in [0.717, 1.165) is 17.4 Å². The van der Waals surface area contributed by atoms with Crippen molar-refractivity contribution >= 4 is 13.8 Å². The molecule has 1 aromatic rings. The van der Waals surface area contributed by atoms with Crippen LogP contribution in [0.25, 0.3) is 5.57 Å². The number of piperazine rings is 1. The molecule has 0 spiro atoms. The Balaban J connectivity index is 1.60. The normalized spacial score (nSPS) is 29.5. The highest BCUT2D eigenvalue weighted by atomic mass is 28.3. The number of hydrogen-bond donors (Lipinski definition) is 1. The molecule has 1 heterocycles. The molecule has 0 amide bonds. The molecule has 2 nitrogen and oxygen atoms in total. The van der Waals surface area contributed by atoms with Crippen LogP contribution in [-0.2, 0) is 0 Å². The lowest BCUT2D eigenvalue weighted by molar-refractivity contribution is 0.347. The Hall–Kier alpha value is -1.16. The van der Waals surface area contributed by atoms with Gasteiger partial charge in [0.15, 0.2) is 0 Å². The molecular formula is C23H34N2Si. The first-order valence-electron chi connectivity index (χ1n) is 10.4. The van der Waals surface area contributed by atoms with Gasteiger partial charge in [-0.1, -0.05) is 67.1 Å². The SMILES string of the molecule is Cc1cc(C)cc(C2=CC=CC3C2CCC3[Si](C)(C)N2CCNCC2)c1. The third-order valence-electron chi connectivity index (χ3n) is 7.12. The van der Waals surface area contributed by atoms with Gasteiger partial charge in [-0.25, -0.2) is 0 Å². The van der Waals surface area contributed by atoms with Crippen molar-refractivity contribution in [2.45, 2.75) is 45.3 Å². The molecule has 1 saturated heterocycles. The van der Waals surface area contributed by atoms with Gasteiger partial charge in [0.25, 0.3) is 0 Å². The van der Waals surface area contributed by atoms with Crippen molar-refractivity contribution in [1.29, 1.82) is 0 Å². The van der Waals surface area contributed by atoms with E-state index in [1.54, 1.807) is 5.57 Å². The maximum absolute atomic E-state index is 3.53. The topological polar surface area (TPSA) is 15.3 Å². The average molecular weight is 367 g/mol. The first kappa shape index (κ1) is 18.2. The quantitative estimate of drug-likeness (QED) is 0.776. The molecule has 0 radical (unpaired) electrons. The van der Waals surface area contributed by atoms with E-state index in [-0.39, 0.29) is 0 Å². The second-order valence-electron chi connectivity index (χ2n) is 9.14. The van der Waals surface area contributed by atoms with Crippen LogP contribution in [0.15, 0.2) is 36.4 Å². The highest BCUT2D eigenvalue weighted by Gasteiger charge is 2.48. The van der Waals surface area contributed by atoms with Crippen LogP contribution in [0.5, 0.6) is 0 Å². The monoisotopic (exact) mass is 366 g/mol. The highest BCUT2D eigenvalue weighted by Crippen LogP contribution is 2.54. The minimum absolute atomic E-state index is 0.723. The van der Waals surface area contributed by atoms with Crippen molar-refractivity contribution < 1.29 is 0 Å². The minimum atomic E-state index is -1.42. The second-order valence-corrected chi connectivity index (χ2v) is 13.8. The summed E-state index contributed by atoms with van der Waals surface area (Å²) in [5.74, 6) is 1.47. The first-order valence-corrected chi connectivity index (χ1v) is 13.4. The fourth-order valence-electron chi connectivity index (χ4n) is 5.82. The average Bonchev–Trinajstić information content (AvgIpc) is 3.06. The van der Waals surface area contributed by atoms with Gasteiger partial charge in [-0.05, 0) is 48.8 Å². The van der Waals surface area contributed by atoms with Gasteiger partial charge in [-0.2, -0.15) is 0 Å². The summed E-state index contributed by atoms with van der Waals surface area (Å²) < 4.78 is 2.87. The number of nitrogens with one attached hydrogen (secondary N) is 1. The summed E-state index contributed by atoms with van der Waals surface area (Å²) in [6, 6.07) is 7.07. The van der Waals surface area contributed by atoms with Crippen LogP contribution < -0.4 is 5.32 Å². The summed E-state index contributed by atoms with van der Waals surface area (Å²) in [4.78, 5) is 0. The number of nitrogens with zero attached hydrogens (tertiary/aromatic N) is 1. The number of rotatable bonds is 3. The molecule has 3 atom stereocenters. The zero-order valence-electron chi connectivity index (χ0n) is 16.9. The molecule has 1 aliphatic heterocycles. The van der Waals surface area contributed by atoms with Crippen LogP contribution in [0.3, 0.4) is 0 Å². The van der Waals surface area contributed by atoms with Gasteiger partial charge in [0.2, 0.25) is 0 Å². The number of aryl methyl sites for hydroxylation is 2. The summed E-state index contributed by atoms with van der Waals surface area (Å²) in [6.45, 7) is 14.5. The van der Waals surface area contributed by atoms with E-state index in [2.05, 4.69) is 73.3 Å². The molecule has 2 aliphatic carbocycles. The summed E-state index contributed by atoms with van der Waals surface area (Å²) in [5, 5.41) is 3.53. The molecule has 0 aromatic heterocycles. The van der Waals surface area contributed by atoms with Crippen molar-refractivity contribution in [3.63, 3.8) is 0 Å². The Bertz CT molecular complexity index is 707. The highest BCUT2D eigenvalue weighted by molar-refractivity contribution is 6.76. The van der Waals surface area contributed by atoms with Crippen LogP contribution >= 0.6 is 0 Å². The van der Waals surface area contributed by atoms with Gasteiger partial charge in [0.1, 0.15) is 8.24 Å². The lowest BCUT2D eigenvalue weighted by Crippen LogP contribution is -2.59. The Labute approximate surface area is 160 Å². The molecular weight excluding hydrogens is 332 g/mol. The van der Waals surface area contributed by atoms with E-state index < -0.39 is 8.24 Å². The van der Waals surface area contributed by atoms with Crippen LogP contribution in [0.1, 0.15) is 29.5 Å². The smallest absolute Gasteiger partial charge is 0.126 e.